The number of rotatable bonds is 6. The van der Waals surface area contributed by atoms with Crippen molar-refractivity contribution in [2.45, 2.75) is 58.2 Å². The van der Waals surface area contributed by atoms with Gasteiger partial charge < -0.3 is 15.2 Å². The van der Waals surface area contributed by atoms with E-state index >= 15 is 0 Å². The largest absolute Gasteiger partial charge is 0.466 e. The molecule has 1 fully saturated rings. The first kappa shape index (κ1) is 26.5. The summed E-state index contributed by atoms with van der Waals surface area (Å²) in [7, 11) is 0. The molecule has 0 saturated heterocycles. The highest BCUT2D eigenvalue weighted by Gasteiger charge is 2.45. The maximum Gasteiger partial charge on any atom is 0.433 e. The fraction of sp³-hybridized carbons (Fsp3) is 0.407. The highest BCUT2D eigenvalue weighted by Crippen LogP contribution is 2.45. The molecule has 37 heavy (non-hydrogen) atoms. The molecule has 0 unspecified atom stereocenters. The van der Waals surface area contributed by atoms with Crippen molar-refractivity contribution < 1.29 is 27.8 Å². The number of alkyl halides is 3. The lowest BCUT2D eigenvalue weighted by Crippen LogP contribution is -2.41. The van der Waals surface area contributed by atoms with Crippen molar-refractivity contribution in [1.29, 1.82) is 0 Å². The van der Waals surface area contributed by atoms with Gasteiger partial charge in [0.2, 0.25) is 5.95 Å². The Labute approximate surface area is 213 Å². The van der Waals surface area contributed by atoms with Gasteiger partial charge >= 0.3 is 12.1 Å². The monoisotopic (exact) mass is 514 g/mol. The fourth-order valence-electron chi connectivity index (χ4n) is 4.55. The van der Waals surface area contributed by atoms with Gasteiger partial charge in [0.15, 0.2) is 0 Å². The first-order valence-electron chi connectivity index (χ1n) is 12.1. The van der Waals surface area contributed by atoms with Crippen molar-refractivity contribution in [2.75, 3.05) is 11.9 Å². The quantitative estimate of drug-likeness (QED) is 0.393. The molecule has 0 radical (unpaired) electrons. The number of anilines is 2. The molecule has 0 spiro atoms. The minimum atomic E-state index is -4.57. The Morgan fingerprint density at radius 3 is 2.43 bits per heavy atom. The number of hydrogen-bond donors (Lipinski definition) is 2. The summed E-state index contributed by atoms with van der Waals surface area (Å²) in [5.41, 5.74) is 0.728. The maximum absolute atomic E-state index is 13.0. The second-order valence-corrected chi connectivity index (χ2v) is 9.72. The molecule has 2 N–H and O–H groups in total. The smallest absolute Gasteiger partial charge is 0.433 e. The van der Waals surface area contributed by atoms with E-state index < -0.39 is 22.9 Å². The second-order valence-electron chi connectivity index (χ2n) is 9.72. The first-order valence-corrected chi connectivity index (χ1v) is 12.1. The summed E-state index contributed by atoms with van der Waals surface area (Å²) in [4.78, 5) is 24.3. The summed E-state index contributed by atoms with van der Waals surface area (Å²) < 4.78 is 44.2. The van der Waals surface area contributed by atoms with Crippen LogP contribution in [0.2, 0.25) is 0 Å². The first-order chi connectivity index (χ1) is 17.4. The molecule has 0 aliphatic heterocycles. The zero-order chi connectivity index (χ0) is 26.8. The molecular weight excluding hydrogens is 485 g/mol. The molecule has 0 atom stereocenters. The van der Waals surface area contributed by atoms with Crippen LogP contribution in [0.15, 0.2) is 48.8 Å². The fourth-order valence-corrected chi connectivity index (χ4v) is 4.55. The van der Waals surface area contributed by atoms with Crippen molar-refractivity contribution in [3.63, 3.8) is 0 Å². The lowest BCUT2D eigenvalue weighted by atomic mass is 9.68. The number of esters is 1. The highest BCUT2D eigenvalue weighted by molar-refractivity contribution is 5.76. The van der Waals surface area contributed by atoms with Gasteiger partial charge in [0.25, 0.3) is 0 Å². The van der Waals surface area contributed by atoms with Crippen LogP contribution in [0, 0.1) is 12.3 Å². The van der Waals surface area contributed by atoms with E-state index in [1.165, 1.54) is 0 Å². The third kappa shape index (κ3) is 5.90. The second kappa shape index (κ2) is 10.1. The number of nitrogens with zero attached hydrogens (tertiary/aromatic N) is 3. The molecule has 7 nitrogen and oxygen atoms in total. The topological polar surface area (TPSA) is 97.2 Å². The molecule has 196 valence electrons. The van der Waals surface area contributed by atoms with Crippen LogP contribution in [0.1, 0.15) is 56.5 Å². The summed E-state index contributed by atoms with van der Waals surface area (Å²) in [5, 5.41) is 14.1. The summed E-state index contributed by atoms with van der Waals surface area (Å²) in [6.45, 7) is 5.84. The molecule has 10 heteroatoms. The lowest BCUT2D eigenvalue weighted by Gasteiger charge is -2.40. The predicted molar refractivity (Wildman–Crippen MR) is 132 cm³/mol. The van der Waals surface area contributed by atoms with Gasteiger partial charge in [-0.15, -0.1) is 0 Å². The average Bonchev–Trinajstić information content (AvgIpc) is 2.86. The van der Waals surface area contributed by atoms with E-state index in [9.17, 15) is 23.1 Å². The van der Waals surface area contributed by atoms with Crippen LogP contribution in [0.3, 0.4) is 0 Å². The van der Waals surface area contributed by atoms with E-state index in [4.69, 9.17) is 4.74 Å². The molecule has 2 aromatic heterocycles. The number of nitrogens with one attached hydrogen (secondary N) is 1. The van der Waals surface area contributed by atoms with Crippen LogP contribution in [0.4, 0.5) is 24.8 Å². The summed E-state index contributed by atoms with van der Waals surface area (Å²) in [6, 6.07) is 9.91. The molecule has 1 saturated carbocycles. The van der Waals surface area contributed by atoms with Crippen LogP contribution < -0.4 is 5.32 Å². The van der Waals surface area contributed by atoms with Gasteiger partial charge in [-0.1, -0.05) is 12.1 Å². The predicted octanol–water partition coefficient (Wildman–Crippen LogP) is 5.94. The number of carbonyl (C=O) groups excluding carboxylic acids is 1. The van der Waals surface area contributed by atoms with E-state index in [0.717, 1.165) is 29.0 Å². The molecule has 3 aromatic rings. The summed E-state index contributed by atoms with van der Waals surface area (Å²) in [6.07, 6.45) is -0.0696. The lowest BCUT2D eigenvalue weighted by molar-refractivity contribution is -0.160. The van der Waals surface area contributed by atoms with Gasteiger partial charge in [-0.2, -0.15) is 13.2 Å². The zero-order valence-electron chi connectivity index (χ0n) is 20.9. The molecule has 1 aliphatic rings. The van der Waals surface area contributed by atoms with Crippen molar-refractivity contribution in [3.8, 4) is 11.1 Å². The third-order valence-corrected chi connectivity index (χ3v) is 6.80. The maximum atomic E-state index is 13.0. The Morgan fingerprint density at radius 1 is 1.08 bits per heavy atom. The Hall–Kier alpha value is -3.53. The van der Waals surface area contributed by atoms with Crippen LogP contribution in [0.5, 0.6) is 0 Å². The van der Waals surface area contributed by atoms with Crippen LogP contribution in [0.25, 0.3) is 11.1 Å². The molecular formula is C27H29F3N4O3. The summed E-state index contributed by atoms with van der Waals surface area (Å²) in [5.74, 6) is -0.395. The van der Waals surface area contributed by atoms with E-state index in [-0.39, 0.29) is 11.9 Å². The molecule has 2 heterocycles. The Bertz CT molecular complexity index is 1270. The average molecular weight is 515 g/mol. The van der Waals surface area contributed by atoms with Gasteiger partial charge in [-0.05, 0) is 81.8 Å². The number of aliphatic hydroxyl groups is 1. The highest BCUT2D eigenvalue weighted by atomic mass is 19.4. The molecule has 4 rings (SSSR count). The van der Waals surface area contributed by atoms with Crippen molar-refractivity contribution in [1.82, 2.24) is 15.0 Å². The van der Waals surface area contributed by atoms with Gasteiger partial charge in [0, 0.05) is 23.6 Å². The van der Waals surface area contributed by atoms with Crippen molar-refractivity contribution in [3.05, 3.63) is 65.7 Å². The van der Waals surface area contributed by atoms with E-state index in [1.807, 2.05) is 26.0 Å². The number of aryl methyl sites for hydroxylation is 1. The Kier molecular flexibility index (Phi) is 7.23. The minimum Gasteiger partial charge on any atom is -0.466 e. The Balaban J connectivity index is 1.51. The molecule has 1 aromatic carbocycles. The number of halogens is 3. The van der Waals surface area contributed by atoms with Crippen LogP contribution in [-0.2, 0) is 21.3 Å². The molecule has 0 amide bonds. The van der Waals surface area contributed by atoms with Gasteiger partial charge in [-0.25, -0.2) is 9.97 Å². The van der Waals surface area contributed by atoms with Gasteiger partial charge in [0.05, 0.1) is 17.7 Å². The van der Waals surface area contributed by atoms with Gasteiger partial charge in [-0.3, -0.25) is 9.78 Å². The van der Waals surface area contributed by atoms with Gasteiger partial charge in [0.1, 0.15) is 11.3 Å². The summed E-state index contributed by atoms with van der Waals surface area (Å²) >= 11 is 0. The Morgan fingerprint density at radius 2 is 1.81 bits per heavy atom. The number of carbonyl (C=O) groups is 1. The molecule has 0 bridgehead atoms. The third-order valence-electron chi connectivity index (χ3n) is 6.80. The number of hydrogen-bond acceptors (Lipinski definition) is 7. The van der Waals surface area contributed by atoms with Crippen LogP contribution >= 0.6 is 0 Å². The minimum absolute atomic E-state index is 0.158. The van der Waals surface area contributed by atoms with E-state index in [0.29, 0.717) is 43.7 Å². The number of benzene rings is 1. The number of aromatic nitrogens is 3. The van der Waals surface area contributed by atoms with E-state index in [2.05, 4.69) is 20.3 Å². The molecule has 1 aliphatic carbocycles. The van der Waals surface area contributed by atoms with Crippen molar-refractivity contribution in [2.24, 2.45) is 5.41 Å². The van der Waals surface area contributed by atoms with E-state index in [1.54, 1.807) is 31.3 Å². The number of ether oxygens (including phenoxy) is 1. The standard InChI is InChI=1S/C27H29F3N4O3/c1-4-37-23(35)25(3)8-10-26(36,11-9-25)21-6-5-18(16-32-21)19-13-17(2)14-20(15-19)33-24-31-12-7-22(34-24)27(28,29)30/h5-7,12-16,36H,4,8-11H2,1-3H3,(H,31,33,34). The zero-order valence-corrected chi connectivity index (χ0v) is 20.9. The SMILES string of the molecule is CCOC(=O)C1(C)CCC(O)(c2ccc(-c3cc(C)cc(Nc4nccc(C(F)(F)F)n4)c3)cn2)CC1. The van der Waals surface area contributed by atoms with Crippen LogP contribution in [-0.4, -0.2) is 32.6 Å². The van der Waals surface area contributed by atoms with Crippen molar-refractivity contribution >= 4 is 17.6 Å². The number of pyridine rings is 1. The normalized spacial score (nSPS) is 21.9.